The number of carbonyl (C=O) groups is 2. The molecule has 0 fully saturated rings. The van der Waals surface area contributed by atoms with Crippen LogP contribution in [0.2, 0.25) is 0 Å². The lowest BCUT2D eigenvalue weighted by Gasteiger charge is -2.11. The van der Waals surface area contributed by atoms with Crippen LogP contribution < -0.4 is 11.9 Å². The van der Waals surface area contributed by atoms with Crippen LogP contribution in [-0.2, 0) is 24.4 Å². The van der Waals surface area contributed by atoms with Gasteiger partial charge in [-0.1, -0.05) is 206 Å². The number of rotatable bonds is 37. The van der Waals surface area contributed by atoms with Gasteiger partial charge in [0.25, 0.3) is 10.1 Å². The van der Waals surface area contributed by atoms with Crippen molar-refractivity contribution < 1.29 is 32.4 Å². The Bertz CT molecular complexity index is 796. The third-order valence-electron chi connectivity index (χ3n) is 9.28. The standard InChI is InChI=1S/C22H42O7S.C18H39N.H3N/c1-2-3-4-5-6-7-8-9-10-11-12-13-14-15-16-17-18-29-22(25)20(19-21(23)24)30(26,27)28;1-2-3-4-5-6-7-8-9-10-11-12-13-14-15-16-17-18-19;/h20H,2-19H2,1H3,(H,23,24)(H,26,27,28);2-19H2,1H3;1H3. The monoisotopic (exact) mass is 737 g/mol. The second-order valence-corrected chi connectivity index (χ2v) is 15.8. The van der Waals surface area contributed by atoms with Crippen LogP contribution >= 0.6 is 0 Å². The van der Waals surface area contributed by atoms with E-state index in [0.29, 0.717) is 6.42 Å². The first-order valence-corrected chi connectivity index (χ1v) is 22.3. The van der Waals surface area contributed by atoms with Crippen molar-refractivity contribution in [1.82, 2.24) is 6.15 Å². The normalized spacial score (nSPS) is 11.8. The van der Waals surface area contributed by atoms with Crippen LogP contribution in [0.4, 0.5) is 0 Å². The molecule has 0 aliphatic carbocycles. The largest absolute Gasteiger partial charge is 0.481 e. The van der Waals surface area contributed by atoms with Crippen LogP contribution in [0.25, 0.3) is 0 Å². The Balaban J connectivity index is -0.000000954. The first kappa shape index (κ1) is 53.1. The Morgan fingerprint density at radius 2 is 0.780 bits per heavy atom. The van der Waals surface area contributed by atoms with Gasteiger partial charge in [-0.25, -0.2) is 0 Å². The molecule has 0 saturated heterocycles. The van der Waals surface area contributed by atoms with Crippen LogP contribution in [0.15, 0.2) is 0 Å². The van der Waals surface area contributed by atoms with Crippen molar-refractivity contribution in [3.63, 3.8) is 0 Å². The number of aliphatic carboxylic acids is 1. The maximum absolute atomic E-state index is 11.7. The zero-order valence-electron chi connectivity index (χ0n) is 33.0. The molecule has 0 spiro atoms. The number of carboxylic acids is 1. The van der Waals surface area contributed by atoms with Gasteiger partial charge in [-0.15, -0.1) is 0 Å². The summed E-state index contributed by atoms with van der Waals surface area (Å²) in [6.45, 7) is 5.44. The van der Waals surface area contributed by atoms with Crippen molar-refractivity contribution in [2.75, 3.05) is 13.2 Å². The molecule has 0 rings (SSSR count). The van der Waals surface area contributed by atoms with Crippen molar-refractivity contribution in [1.29, 1.82) is 0 Å². The van der Waals surface area contributed by atoms with Gasteiger partial charge in [-0.2, -0.15) is 8.42 Å². The average molecular weight is 737 g/mol. The fourth-order valence-electron chi connectivity index (χ4n) is 6.08. The highest BCUT2D eigenvalue weighted by atomic mass is 32.2. The van der Waals surface area contributed by atoms with Gasteiger partial charge >= 0.3 is 11.9 Å². The van der Waals surface area contributed by atoms with Crippen LogP contribution in [0.5, 0.6) is 0 Å². The van der Waals surface area contributed by atoms with E-state index in [-0.39, 0.29) is 12.8 Å². The molecule has 0 bridgehead atoms. The van der Waals surface area contributed by atoms with Gasteiger partial charge in [0.15, 0.2) is 5.25 Å². The first-order valence-electron chi connectivity index (χ1n) is 20.7. The lowest BCUT2D eigenvalue weighted by Crippen LogP contribution is -2.34. The molecular weight excluding hydrogens is 653 g/mol. The Hall–Kier alpha value is -1.23. The Morgan fingerprint density at radius 1 is 0.520 bits per heavy atom. The number of ether oxygens (including phenoxy) is 1. The summed E-state index contributed by atoms with van der Waals surface area (Å²) in [7, 11) is -4.79. The number of carboxylic acid groups (broad SMARTS) is 1. The topological polar surface area (TPSA) is 179 Å². The second-order valence-electron chi connectivity index (χ2n) is 14.2. The van der Waals surface area contributed by atoms with E-state index in [0.717, 1.165) is 25.8 Å². The summed E-state index contributed by atoms with van der Waals surface area (Å²) in [4.78, 5) is 22.3. The van der Waals surface area contributed by atoms with E-state index in [2.05, 4.69) is 13.8 Å². The molecule has 0 aromatic carbocycles. The summed E-state index contributed by atoms with van der Waals surface area (Å²) >= 11 is 0. The van der Waals surface area contributed by atoms with Crippen LogP contribution in [0, 0.1) is 0 Å². The van der Waals surface area contributed by atoms with Crippen LogP contribution in [0.3, 0.4) is 0 Å². The average Bonchev–Trinajstić information content (AvgIpc) is 3.06. The fourth-order valence-corrected chi connectivity index (χ4v) is 6.74. The highest BCUT2D eigenvalue weighted by Crippen LogP contribution is 2.15. The van der Waals surface area contributed by atoms with Crippen molar-refractivity contribution >= 4 is 22.1 Å². The molecular formula is C40H84N2O7S. The third-order valence-corrected chi connectivity index (χ3v) is 10.4. The summed E-state index contributed by atoms with van der Waals surface area (Å²) in [5.74, 6) is -2.70. The van der Waals surface area contributed by atoms with Crippen LogP contribution in [0.1, 0.15) is 226 Å². The molecule has 50 heavy (non-hydrogen) atoms. The summed E-state index contributed by atoms with van der Waals surface area (Å²) in [6.07, 6.45) is 41.4. The number of carbonyl (C=O) groups excluding carboxylic acids is 1. The summed E-state index contributed by atoms with van der Waals surface area (Å²) < 4.78 is 35.9. The fraction of sp³-hybridized carbons (Fsp3) is 0.950. The summed E-state index contributed by atoms with van der Waals surface area (Å²) in [6, 6.07) is 0. The Labute approximate surface area is 309 Å². The molecule has 0 amide bonds. The molecule has 1 atom stereocenters. The van der Waals surface area contributed by atoms with Gasteiger partial charge in [0.05, 0.1) is 13.0 Å². The molecule has 0 radical (unpaired) electrons. The molecule has 0 aromatic rings. The molecule has 0 aliphatic rings. The molecule has 0 aromatic heterocycles. The van der Waals surface area contributed by atoms with E-state index in [9.17, 15) is 18.0 Å². The van der Waals surface area contributed by atoms with E-state index in [1.54, 1.807) is 0 Å². The highest BCUT2D eigenvalue weighted by molar-refractivity contribution is 7.87. The summed E-state index contributed by atoms with van der Waals surface area (Å²) in [5.41, 5.74) is 5.48. The zero-order valence-corrected chi connectivity index (χ0v) is 33.8. The minimum atomic E-state index is -4.79. The van der Waals surface area contributed by atoms with Gasteiger partial charge < -0.3 is 21.7 Å². The predicted molar refractivity (Wildman–Crippen MR) is 212 cm³/mol. The molecule has 0 heterocycles. The molecule has 302 valence electrons. The lowest BCUT2D eigenvalue weighted by molar-refractivity contribution is -0.147. The molecule has 0 aliphatic heterocycles. The maximum atomic E-state index is 11.7. The minimum Gasteiger partial charge on any atom is -0.481 e. The van der Waals surface area contributed by atoms with Gasteiger partial charge in [-0.3, -0.25) is 14.1 Å². The zero-order chi connectivity index (χ0) is 36.7. The molecule has 0 saturated carbocycles. The quantitative estimate of drug-likeness (QED) is 0.0274. The van der Waals surface area contributed by atoms with Gasteiger partial charge in [0, 0.05) is 0 Å². The van der Waals surface area contributed by atoms with Gasteiger partial charge in [0.1, 0.15) is 0 Å². The highest BCUT2D eigenvalue weighted by Gasteiger charge is 2.34. The molecule has 9 nitrogen and oxygen atoms in total. The predicted octanol–water partition coefficient (Wildman–Crippen LogP) is 11.9. The lowest BCUT2D eigenvalue weighted by atomic mass is 10.0. The van der Waals surface area contributed by atoms with E-state index in [1.165, 1.54) is 180 Å². The SMILES string of the molecule is CCCCCCCCCCCCCCCCCCN.CCCCCCCCCCCCCCCCCCOC(=O)C(CC(=O)O)S(=O)(=O)O.N. The van der Waals surface area contributed by atoms with Crippen molar-refractivity contribution in [3.8, 4) is 0 Å². The van der Waals surface area contributed by atoms with E-state index in [1.807, 2.05) is 0 Å². The van der Waals surface area contributed by atoms with Crippen molar-refractivity contribution in [3.05, 3.63) is 0 Å². The minimum absolute atomic E-state index is 0. The number of esters is 1. The second kappa shape index (κ2) is 42.2. The van der Waals surface area contributed by atoms with Gasteiger partial charge in [-0.05, 0) is 19.4 Å². The number of unbranched alkanes of at least 4 members (excludes halogenated alkanes) is 30. The van der Waals surface area contributed by atoms with Crippen molar-refractivity contribution in [2.45, 2.75) is 231 Å². The van der Waals surface area contributed by atoms with E-state index >= 15 is 0 Å². The molecule has 7 N–H and O–H groups in total. The molecule has 10 heteroatoms. The Morgan fingerprint density at radius 3 is 1.02 bits per heavy atom. The van der Waals surface area contributed by atoms with Gasteiger partial charge in [0.2, 0.25) is 0 Å². The van der Waals surface area contributed by atoms with Crippen molar-refractivity contribution in [2.24, 2.45) is 5.73 Å². The summed E-state index contributed by atoms with van der Waals surface area (Å²) in [5, 5.41) is 6.57. The Kier molecular flexibility index (Phi) is 44.8. The number of nitrogens with two attached hydrogens (primary N) is 1. The van der Waals surface area contributed by atoms with E-state index < -0.39 is 33.7 Å². The van der Waals surface area contributed by atoms with Crippen LogP contribution in [-0.4, -0.2) is 48.4 Å². The maximum Gasteiger partial charge on any atom is 0.327 e. The number of hydrogen-bond donors (Lipinski definition) is 4. The smallest absolute Gasteiger partial charge is 0.327 e. The molecule has 1 unspecified atom stereocenters. The first-order chi connectivity index (χ1) is 23.7. The number of hydrogen-bond acceptors (Lipinski definition) is 7. The van der Waals surface area contributed by atoms with E-state index in [4.69, 9.17) is 20.1 Å². The third kappa shape index (κ3) is 42.9.